The minimum absolute atomic E-state index is 0.117. The molecule has 2 aromatic rings. The number of anilines is 1. The molecule has 9 heteroatoms. The highest BCUT2D eigenvalue weighted by Gasteiger charge is 2.39. The van der Waals surface area contributed by atoms with E-state index in [1.807, 2.05) is 45.0 Å². The van der Waals surface area contributed by atoms with Crippen molar-refractivity contribution < 1.29 is 22.5 Å². The quantitative estimate of drug-likeness (QED) is 0.0575. The van der Waals surface area contributed by atoms with Gasteiger partial charge in [-0.1, -0.05) is 18.2 Å². The molecule has 0 saturated heterocycles. The first-order valence-electron chi connectivity index (χ1n) is 17.0. The van der Waals surface area contributed by atoms with Gasteiger partial charge in [0.25, 0.3) is 5.91 Å². The van der Waals surface area contributed by atoms with Crippen LogP contribution in [0.15, 0.2) is 65.1 Å². The van der Waals surface area contributed by atoms with E-state index >= 15 is 0 Å². The summed E-state index contributed by atoms with van der Waals surface area (Å²) in [6.07, 6.45) is 0.693. The molecule has 0 radical (unpaired) electrons. The Morgan fingerprint density at radius 1 is 0.826 bits per heavy atom. The van der Waals surface area contributed by atoms with Crippen LogP contribution in [0.3, 0.4) is 0 Å². The van der Waals surface area contributed by atoms with Crippen molar-refractivity contribution in [2.75, 3.05) is 57.4 Å². The first-order chi connectivity index (χ1) is 22.4. The zero-order chi connectivity index (χ0) is 33.1. The third-order valence-electron chi connectivity index (χ3n) is 8.43. The normalized spacial score (nSPS) is 11.7. The molecule has 1 aliphatic carbocycles. The predicted octanol–water partition coefficient (Wildman–Crippen LogP) is 7.03. The third kappa shape index (κ3) is 7.89. The number of rotatable bonds is 17. The van der Waals surface area contributed by atoms with E-state index in [0.29, 0.717) is 44.4 Å². The van der Waals surface area contributed by atoms with Crippen molar-refractivity contribution in [1.82, 2.24) is 9.89 Å². The fraction of sp³-hybridized carbons (Fsp3) is 0.459. The molecule has 4 rings (SSSR count). The van der Waals surface area contributed by atoms with Gasteiger partial charge in [0.1, 0.15) is 24.4 Å². The summed E-state index contributed by atoms with van der Waals surface area (Å²) in [5, 5.41) is 5.25. The number of hydrogen-bond donors (Lipinski definition) is 1. The minimum Gasteiger partial charge on any atom is -0.456 e. The number of nitrogens with one attached hydrogen (secondary N) is 1. The van der Waals surface area contributed by atoms with E-state index in [2.05, 4.69) is 78.9 Å². The van der Waals surface area contributed by atoms with Crippen LogP contribution >= 0.6 is 0 Å². The third-order valence-corrected chi connectivity index (χ3v) is 11.6. The monoisotopic (exact) mass is 646 g/mol. The summed E-state index contributed by atoms with van der Waals surface area (Å²) < 4.78 is 27.0. The van der Waals surface area contributed by atoms with Gasteiger partial charge in [0.05, 0.1) is 6.07 Å². The Morgan fingerprint density at radius 3 is 2.13 bits per heavy atom. The summed E-state index contributed by atoms with van der Waals surface area (Å²) in [6.45, 7) is 20.2. The molecule has 1 amide bonds. The van der Waals surface area contributed by atoms with Gasteiger partial charge < -0.3 is 27.9 Å². The Bertz CT molecular complexity index is 1610. The molecule has 1 heterocycles. The molecule has 2 aromatic carbocycles. The SMILES string of the molecule is CCO[Si](CCCNC(=O)c1ccccc1-c1c2ccc(=[N+](CC)CC)cc-2oc2cc(N(CC)CC)ccc12)(OCC)OCC. The van der Waals surface area contributed by atoms with Gasteiger partial charge in [0, 0.05) is 85.4 Å². The van der Waals surface area contributed by atoms with E-state index in [4.69, 9.17) is 17.7 Å². The molecule has 0 unspecified atom stereocenters. The lowest BCUT2D eigenvalue weighted by atomic mass is 9.90. The highest BCUT2D eigenvalue weighted by atomic mass is 28.4. The van der Waals surface area contributed by atoms with Gasteiger partial charge in [-0.2, -0.15) is 0 Å². The summed E-state index contributed by atoms with van der Waals surface area (Å²) in [6, 6.07) is 21.3. The largest absolute Gasteiger partial charge is 0.500 e. The molecule has 1 N–H and O–H groups in total. The molecule has 46 heavy (non-hydrogen) atoms. The van der Waals surface area contributed by atoms with E-state index in [1.54, 1.807) is 0 Å². The van der Waals surface area contributed by atoms with Crippen LogP contribution in [-0.4, -0.2) is 67.3 Å². The van der Waals surface area contributed by atoms with E-state index in [-0.39, 0.29) is 5.91 Å². The Morgan fingerprint density at radius 2 is 1.50 bits per heavy atom. The maximum absolute atomic E-state index is 13.8. The van der Waals surface area contributed by atoms with Gasteiger partial charge in [0.15, 0.2) is 0 Å². The van der Waals surface area contributed by atoms with Crippen molar-refractivity contribution in [2.24, 2.45) is 0 Å². The average Bonchev–Trinajstić information content (AvgIpc) is 3.07. The van der Waals surface area contributed by atoms with Crippen LogP contribution in [0.2, 0.25) is 6.04 Å². The second-order valence-electron chi connectivity index (χ2n) is 11.1. The number of amides is 1. The van der Waals surface area contributed by atoms with E-state index in [0.717, 1.165) is 70.6 Å². The Kier molecular flexibility index (Phi) is 13.0. The van der Waals surface area contributed by atoms with Crippen LogP contribution in [-0.2, 0) is 13.3 Å². The summed E-state index contributed by atoms with van der Waals surface area (Å²) in [5.74, 6) is 0.677. The van der Waals surface area contributed by atoms with E-state index in [9.17, 15) is 4.79 Å². The van der Waals surface area contributed by atoms with Gasteiger partial charge in [-0.15, -0.1) is 0 Å². The van der Waals surface area contributed by atoms with E-state index in [1.165, 1.54) is 0 Å². The topological polar surface area (TPSA) is 76.2 Å². The molecule has 248 valence electrons. The lowest BCUT2D eigenvalue weighted by molar-refractivity contribution is 0.0705. The fourth-order valence-electron chi connectivity index (χ4n) is 6.23. The molecule has 0 atom stereocenters. The molecule has 0 bridgehead atoms. The first-order valence-corrected chi connectivity index (χ1v) is 18.9. The zero-order valence-electron chi connectivity index (χ0n) is 28.8. The molecule has 0 spiro atoms. The Hall–Kier alpha value is -3.50. The molecular formula is C37H52N3O5Si+. The van der Waals surface area contributed by atoms with Crippen molar-refractivity contribution >= 4 is 31.4 Å². The second-order valence-corrected chi connectivity index (χ2v) is 13.8. The number of carbonyl (C=O) groups is 1. The molecule has 1 aliphatic heterocycles. The fourth-order valence-corrected chi connectivity index (χ4v) is 8.84. The minimum atomic E-state index is -2.78. The second kappa shape index (κ2) is 16.9. The molecule has 2 aliphatic rings. The van der Waals surface area contributed by atoms with Gasteiger partial charge in [-0.3, -0.25) is 4.79 Å². The van der Waals surface area contributed by atoms with Crippen molar-refractivity contribution in [3.05, 3.63) is 71.6 Å². The maximum Gasteiger partial charge on any atom is 0.500 e. The Labute approximate surface area is 275 Å². The average molecular weight is 647 g/mol. The summed E-state index contributed by atoms with van der Waals surface area (Å²) in [4.78, 5) is 16.1. The number of benzene rings is 3. The molecule has 0 aromatic heterocycles. The molecular weight excluding hydrogens is 595 g/mol. The van der Waals surface area contributed by atoms with Crippen molar-refractivity contribution in [3.8, 4) is 22.5 Å². The number of hydrogen-bond acceptors (Lipinski definition) is 6. The van der Waals surface area contributed by atoms with Gasteiger partial charge in [-0.25, -0.2) is 4.58 Å². The standard InChI is InChI=1S/C37H51N3O5Si/c1-8-39(9-2)28-20-22-32-34(26-28)45-35-27-29(40(10-3)11-4)21-23-33(35)36(32)30-18-15-16-19-31(30)37(41)38-24-17-25-46(42-12-5,43-13-6)44-14-7/h15-16,18-23,26-27H,8-14,17,24-25H2,1-7H3/p+1. The summed E-state index contributed by atoms with van der Waals surface area (Å²) in [7, 11) is -2.78. The summed E-state index contributed by atoms with van der Waals surface area (Å²) in [5.41, 5.74) is 5.37. The molecule has 0 saturated carbocycles. The smallest absolute Gasteiger partial charge is 0.456 e. The lowest BCUT2D eigenvalue weighted by Gasteiger charge is -2.28. The van der Waals surface area contributed by atoms with Crippen LogP contribution in [0.5, 0.6) is 0 Å². The zero-order valence-corrected chi connectivity index (χ0v) is 29.8. The van der Waals surface area contributed by atoms with Crippen LogP contribution < -0.4 is 20.1 Å². The van der Waals surface area contributed by atoms with Crippen LogP contribution in [0.1, 0.15) is 65.2 Å². The van der Waals surface area contributed by atoms with Gasteiger partial charge in [0.2, 0.25) is 5.36 Å². The van der Waals surface area contributed by atoms with Gasteiger partial charge >= 0.3 is 8.80 Å². The number of fused-ring (bicyclic) bond motifs is 2. The maximum atomic E-state index is 13.8. The highest BCUT2D eigenvalue weighted by Crippen LogP contribution is 2.42. The van der Waals surface area contributed by atoms with Crippen LogP contribution in [0.25, 0.3) is 33.4 Å². The number of carbonyl (C=O) groups excluding carboxylic acids is 1. The molecule has 8 nitrogen and oxygen atoms in total. The predicted molar refractivity (Wildman–Crippen MR) is 191 cm³/mol. The lowest BCUT2D eigenvalue weighted by Crippen LogP contribution is -2.46. The first kappa shape index (κ1) is 35.4. The highest BCUT2D eigenvalue weighted by molar-refractivity contribution is 6.60. The van der Waals surface area contributed by atoms with Crippen LogP contribution in [0.4, 0.5) is 5.69 Å². The van der Waals surface area contributed by atoms with Crippen molar-refractivity contribution in [1.29, 1.82) is 0 Å². The van der Waals surface area contributed by atoms with Crippen LogP contribution in [0, 0.1) is 0 Å². The Balaban J connectivity index is 1.77. The number of nitrogens with zero attached hydrogens (tertiary/aromatic N) is 2. The van der Waals surface area contributed by atoms with E-state index < -0.39 is 8.80 Å². The van der Waals surface area contributed by atoms with Crippen molar-refractivity contribution in [3.63, 3.8) is 0 Å². The van der Waals surface area contributed by atoms with Crippen molar-refractivity contribution in [2.45, 2.75) is 60.9 Å². The molecule has 0 fully saturated rings. The van der Waals surface area contributed by atoms with Gasteiger partial charge in [-0.05, 0) is 84.7 Å². The summed E-state index contributed by atoms with van der Waals surface area (Å²) >= 11 is 0.